The molecule has 36 heavy (non-hydrogen) atoms. The first-order valence-electron chi connectivity index (χ1n) is 12.8. The predicted molar refractivity (Wildman–Crippen MR) is 143 cm³/mol. The number of nitrogens with zero attached hydrogens (tertiary/aromatic N) is 4. The third-order valence-electron chi connectivity index (χ3n) is 8.12. The topological polar surface area (TPSA) is 81.1 Å². The Morgan fingerprint density at radius 2 is 1.75 bits per heavy atom. The van der Waals surface area contributed by atoms with Gasteiger partial charge in [0.25, 0.3) is 5.56 Å². The van der Waals surface area contributed by atoms with Gasteiger partial charge in [0.05, 0.1) is 42.3 Å². The second kappa shape index (κ2) is 8.87. The predicted octanol–water partition coefficient (Wildman–Crippen LogP) is 2.12. The molecule has 5 rings (SSSR count). The number of aromatic nitrogens is 2. The van der Waals surface area contributed by atoms with Crippen molar-refractivity contribution in [3.05, 3.63) is 40.9 Å². The van der Waals surface area contributed by atoms with Gasteiger partial charge in [-0.3, -0.25) is 9.69 Å². The minimum Gasteiger partial charge on any atom is -0.399 e. The lowest BCUT2D eigenvalue weighted by molar-refractivity contribution is -0.0741. The van der Waals surface area contributed by atoms with Crippen molar-refractivity contribution in [3.63, 3.8) is 0 Å². The van der Waals surface area contributed by atoms with Crippen LogP contribution in [-0.4, -0.2) is 77.2 Å². The Morgan fingerprint density at radius 1 is 1.06 bits per heavy atom. The fourth-order valence-corrected chi connectivity index (χ4v) is 5.11. The van der Waals surface area contributed by atoms with Crippen LogP contribution in [0, 0.1) is 0 Å². The summed E-state index contributed by atoms with van der Waals surface area (Å²) in [5, 5.41) is 3.21. The number of pyridine rings is 2. The Hall–Kier alpha value is -2.40. The summed E-state index contributed by atoms with van der Waals surface area (Å²) in [4.78, 5) is 22.5. The van der Waals surface area contributed by atoms with Crippen LogP contribution in [0.15, 0.2) is 35.4 Å². The zero-order chi connectivity index (χ0) is 25.9. The summed E-state index contributed by atoms with van der Waals surface area (Å²) in [6, 6.07) is 6.35. The van der Waals surface area contributed by atoms with Crippen LogP contribution in [0.2, 0.25) is 0 Å². The molecule has 3 aliphatic heterocycles. The lowest BCUT2D eigenvalue weighted by atomic mass is 9.80. The summed E-state index contributed by atoms with van der Waals surface area (Å²) in [5.74, 6) is 0.616. The minimum absolute atomic E-state index is 0.0163. The molecule has 3 aliphatic rings. The number of ether oxygens (including phenoxy) is 1. The Labute approximate surface area is 213 Å². The van der Waals surface area contributed by atoms with Crippen LogP contribution in [0.3, 0.4) is 0 Å². The van der Waals surface area contributed by atoms with Gasteiger partial charge in [-0.2, -0.15) is 0 Å². The molecule has 9 nitrogen and oxygen atoms in total. The highest BCUT2D eigenvalue weighted by Crippen LogP contribution is 2.36. The van der Waals surface area contributed by atoms with Crippen molar-refractivity contribution in [3.8, 4) is 0 Å². The molecule has 0 bridgehead atoms. The largest absolute Gasteiger partial charge is 0.496 e. The number of aryl methyl sites for hydroxylation is 1. The van der Waals surface area contributed by atoms with E-state index in [0.717, 1.165) is 44.0 Å². The molecule has 2 aromatic rings. The van der Waals surface area contributed by atoms with Gasteiger partial charge in [-0.25, -0.2) is 4.98 Å². The molecule has 0 radical (unpaired) electrons. The Morgan fingerprint density at radius 3 is 2.31 bits per heavy atom. The van der Waals surface area contributed by atoms with E-state index in [1.54, 1.807) is 23.9 Å². The second-order valence-corrected chi connectivity index (χ2v) is 11.8. The quantitative estimate of drug-likeness (QED) is 0.633. The summed E-state index contributed by atoms with van der Waals surface area (Å²) >= 11 is 0. The first-order valence-corrected chi connectivity index (χ1v) is 12.8. The molecule has 3 saturated heterocycles. The number of nitrogens with one attached hydrogen (secondary N) is 1. The Balaban J connectivity index is 1.32. The molecule has 0 aromatic carbocycles. The number of rotatable bonds is 5. The maximum absolute atomic E-state index is 12.9. The van der Waals surface area contributed by atoms with Gasteiger partial charge in [0.2, 0.25) is 0 Å². The minimum atomic E-state index is -0.551. The van der Waals surface area contributed by atoms with Crippen LogP contribution in [0.5, 0.6) is 0 Å². The van der Waals surface area contributed by atoms with Gasteiger partial charge in [0, 0.05) is 43.9 Å². The van der Waals surface area contributed by atoms with Crippen molar-refractivity contribution >= 4 is 29.8 Å². The summed E-state index contributed by atoms with van der Waals surface area (Å²) in [7, 11) is 1.18. The first-order chi connectivity index (χ1) is 16.9. The van der Waals surface area contributed by atoms with Crippen LogP contribution in [0.1, 0.15) is 41.5 Å². The van der Waals surface area contributed by atoms with Crippen LogP contribution in [0.4, 0.5) is 17.2 Å². The van der Waals surface area contributed by atoms with Gasteiger partial charge in [0.15, 0.2) is 0 Å². The van der Waals surface area contributed by atoms with Gasteiger partial charge >= 0.3 is 7.12 Å². The lowest BCUT2D eigenvalue weighted by Crippen LogP contribution is -2.64. The fourth-order valence-electron chi connectivity index (χ4n) is 5.11. The van der Waals surface area contributed by atoms with E-state index in [2.05, 4.69) is 40.0 Å². The van der Waals surface area contributed by atoms with Crippen molar-refractivity contribution in [2.45, 2.75) is 64.3 Å². The summed E-state index contributed by atoms with van der Waals surface area (Å²) in [6.45, 7) is 17.2. The molecule has 10 heteroatoms. The van der Waals surface area contributed by atoms with E-state index < -0.39 is 18.3 Å². The van der Waals surface area contributed by atoms with E-state index >= 15 is 0 Å². The van der Waals surface area contributed by atoms with Crippen molar-refractivity contribution in [1.82, 2.24) is 14.5 Å². The monoisotopic (exact) mass is 495 g/mol. The molecule has 0 spiro atoms. The van der Waals surface area contributed by atoms with Crippen molar-refractivity contribution < 1.29 is 14.0 Å². The maximum atomic E-state index is 12.9. The molecule has 5 heterocycles. The number of hydrogen-bond donors (Lipinski definition) is 1. The van der Waals surface area contributed by atoms with Crippen LogP contribution < -0.4 is 21.2 Å². The van der Waals surface area contributed by atoms with E-state index in [4.69, 9.17) is 14.0 Å². The zero-order valence-electron chi connectivity index (χ0n) is 22.5. The fraction of sp³-hybridized carbons (Fsp3) is 0.615. The normalized spacial score (nSPS) is 23.5. The summed E-state index contributed by atoms with van der Waals surface area (Å²) in [5.41, 5.74) is 1.22. The highest BCUT2D eigenvalue weighted by Gasteiger charge is 2.52. The highest BCUT2D eigenvalue weighted by atomic mass is 16.7. The van der Waals surface area contributed by atoms with E-state index in [1.165, 1.54) is 0 Å². The highest BCUT2D eigenvalue weighted by molar-refractivity contribution is 6.62. The lowest BCUT2D eigenvalue weighted by Gasteiger charge is -2.51. The van der Waals surface area contributed by atoms with Gasteiger partial charge < -0.3 is 28.8 Å². The first kappa shape index (κ1) is 25.3. The Bertz CT molecular complexity index is 1160. The maximum Gasteiger partial charge on any atom is 0.496 e. The van der Waals surface area contributed by atoms with Gasteiger partial charge in [0.1, 0.15) is 11.5 Å². The van der Waals surface area contributed by atoms with E-state index in [9.17, 15) is 4.79 Å². The summed E-state index contributed by atoms with van der Waals surface area (Å²) < 4.78 is 19.3. The second-order valence-electron chi connectivity index (χ2n) is 11.8. The number of anilines is 3. The van der Waals surface area contributed by atoms with Crippen molar-refractivity contribution in [2.75, 3.05) is 43.1 Å². The Kier molecular flexibility index (Phi) is 6.22. The van der Waals surface area contributed by atoms with Crippen LogP contribution >= 0.6 is 0 Å². The van der Waals surface area contributed by atoms with Crippen LogP contribution in [-0.2, 0) is 21.1 Å². The zero-order valence-corrected chi connectivity index (χ0v) is 22.5. The van der Waals surface area contributed by atoms with Gasteiger partial charge in [-0.15, -0.1) is 0 Å². The molecular weight excluding hydrogens is 457 g/mol. The average molecular weight is 495 g/mol. The van der Waals surface area contributed by atoms with E-state index in [0.29, 0.717) is 17.5 Å². The smallest absolute Gasteiger partial charge is 0.399 e. The molecule has 0 aliphatic carbocycles. The third-order valence-corrected chi connectivity index (χ3v) is 8.12. The molecule has 1 N–H and O–H groups in total. The van der Waals surface area contributed by atoms with Crippen LogP contribution in [0.25, 0.3) is 0 Å². The molecule has 194 valence electrons. The van der Waals surface area contributed by atoms with E-state index in [1.807, 2.05) is 40.0 Å². The van der Waals surface area contributed by atoms with Gasteiger partial charge in [-0.1, -0.05) is 0 Å². The number of hydrogen-bond acceptors (Lipinski definition) is 8. The molecule has 0 atom stereocenters. The SMILES string of the molecule is Cn1cc(B2OC(C)(C)C(C)(C)O2)cc(Nc2ccc(N3CCN(C4COC4)CC3(C)C)cn2)c1=O. The van der Waals surface area contributed by atoms with E-state index in [-0.39, 0.29) is 11.1 Å². The molecule has 2 aromatic heterocycles. The summed E-state index contributed by atoms with van der Waals surface area (Å²) in [6.07, 6.45) is 3.65. The molecular formula is C26H38BN5O4. The van der Waals surface area contributed by atoms with Crippen molar-refractivity contribution in [1.29, 1.82) is 0 Å². The molecule has 0 amide bonds. The van der Waals surface area contributed by atoms with Gasteiger partial charge in [-0.05, 0) is 59.7 Å². The standard InChI is InChI=1S/C26H38BN5O4/c1-24(2)17-31(20-15-34-16-20)10-11-32(24)19-8-9-22(28-13-19)29-21-12-18(14-30(7)23(21)33)27-35-25(3,4)26(5,6)36-27/h8-9,12-14,20H,10-11,15-17H2,1-7H3,(H,28,29). The van der Waals surface area contributed by atoms with Crippen molar-refractivity contribution in [2.24, 2.45) is 7.05 Å². The average Bonchev–Trinajstić information content (AvgIpc) is 2.97. The molecule has 0 unspecified atom stereocenters. The third kappa shape index (κ3) is 4.56. The molecule has 3 fully saturated rings. The number of piperazine rings is 1. The molecule has 0 saturated carbocycles.